The van der Waals surface area contributed by atoms with E-state index >= 15 is 0 Å². The topological polar surface area (TPSA) is 69.6 Å². The minimum Gasteiger partial charge on any atom is -0.481 e. The summed E-state index contributed by atoms with van der Waals surface area (Å²) in [5, 5.41) is 12.2. The van der Waals surface area contributed by atoms with Crippen LogP contribution in [-0.2, 0) is 4.79 Å². The monoisotopic (exact) mass is 296 g/mol. The van der Waals surface area contributed by atoms with E-state index in [9.17, 15) is 9.59 Å². The molecule has 0 unspecified atom stereocenters. The van der Waals surface area contributed by atoms with Gasteiger partial charge in [-0.3, -0.25) is 4.79 Å². The highest BCUT2D eigenvalue weighted by molar-refractivity contribution is 6.33. The number of aliphatic carboxylic acids is 1. The molecule has 20 heavy (non-hydrogen) atoms. The van der Waals surface area contributed by atoms with Crippen molar-refractivity contribution in [2.75, 3.05) is 18.4 Å². The lowest BCUT2D eigenvalue weighted by Crippen LogP contribution is -2.42. The van der Waals surface area contributed by atoms with Crippen molar-refractivity contribution in [1.82, 2.24) is 4.90 Å². The standard InChI is InChI=1S/C14H17ClN2O3/c1-9-3-2-4-11(15)12(9)16-14(20)17-7-5-10(6-8-17)13(18)19/h2-4,10H,5-8H2,1H3,(H,16,20)(H,18,19). The minimum atomic E-state index is -0.785. The molecule has 1 aromatic carbocycles. The first kappa shape index (κ1) is 14.7. The molecule has 1 aliphatic rings. The van der Waals surface area contributed by atoms with E-state index < -0.39 is 5.97 Å². The van der Waals surface area contributed by atoms with E-state index in [4.69, 9.17) is 16.7 Å². The molecule has 1 heterocycles. The van der Waals surface area contributed by atoms with Crippen LogP contribution in [0.25, 0.3) is 0 Å². The zero-order valence-corrected chi connectivity index (χ0v) is 12.0. The second-order valence-corrected chi connectivity index (χ2v) is 5.37. The maximum Gasteiger partial charge on any atom is 0.321 e. The summed E-state index contributed by atoms with van der Waals surface area (Å²) in [7, 11) is 0. The van der Waals surface area contributed by atoms with Crippen LogP contribution in [0.15, 0.2) is 18.2 Å². The second kappa shape index (κ2) is 6.13. The van der Waals surface area contributed by atoms with Gasteiger partial charge in [-0.1, -0.05) is 23.7 Å². The van der Waals surface area contributed by atoms with Crippen LogP contribution in [0.3, 0.4) is 0 Å². The summed E-state index contributed by atoms with van der Waals surface area (Å²) >= 11 is 6.07. The SMILES string of the molecule is Cc1cccc(Cl)c1NC(=O)N1CCC(C(=O)O)CC1. The molecular formula is C14H17ClN2O3. The summed E-state index contributed by atoms with van der Waals surface area (Å²) in [5.74, 6) is -1.13. The zero-order chi connectivity index (χ0) is 14.7. The van der Waals surface area contributed by atoms with Crippen molar-refractivity contribution in [3.05, 3.63) is 28.8 Å². The van der Waals surface area contributed by atoms with Gasteiger partial charge in [-0.15, -0.1) is 0 Å². The number of nitrogens with zero attached hydrogens (tertiary/aromatic N) is 1. The molecule has 1 fully saturated rings. The van der Waals surface area contributed by atoms with Crippen LogP contribution in [0, 0.1) is 12.8 Å². The average molecular weight is 297 g/mol. The first-order chi connectivity index (χ1) is 9.49. The molecule has 5 nitrogen and oxygen atoms in total. The van der Waals surface area contributed by atoms with Gasteiger partial charge >= 0.3 is 12.0 Å². The Morgan fingerprint density at radius 3 is 2.55 bits per heavy atom. The van der Waals surface area contributed by atoms with Gasteiger partial charge in [0.15, 0.2) is 0 Å². The van der Waals surface area contributed by atoms with E-state index in [1.54, 1.807) is 11.0 Å². The Bertz CT molecular complexity index is 505. The average Bonchev–Trinajstić information content (AvgIpc) is 2.43. The molecule has 108 valence electrons. The summed E-state index contributed by atoms with van der Waals surface area (Å²) in [5.41, 5.74) is 1.51. The van der Waals surface area contributed by atoms with Crippen molar-refractivity contribution in [3.63, 3.8) is 0 Å². The summed E-state index contributed by atoms with van der Waals surface area (Å²) in [6.07, 6.45) is 0.981. The normalized spacial score (nSPS) is 16.0. The number of aryl methyl sites for hydroxylation is 1. The molecule has 2 N–H and O–H groups in total. The number of para-hydroxylation sites is 1. The maximum absolute atomic E-state index is 12.2. The fraction of sp³-hybridized carbons (Fsp3) is 0.429. The van der Waals surface area contributed by atoms with Gasteiger partial charge in [0.1, 0.15) is 0 Å². The Balaban J connectivity index is 1.98. The summed E-state index contributed by atoms with van der Waals surface area (Å²) < 4.78 is 0. The number of likely N-dealkylation sites (tertiary alicyclic amines) is 1. The van der Waals surface area contributed by atoms with Crippen molar-refractivity contribution in [3.8, 4) is 0 Å². The number of halogens is 1. The van der Waals surface area contributed by atoms with Crippen LogP contribution in [0.5, 0.6) is 0 Å². The number of urea groups is 1. The number of hydrogen-bond acceptors (Lipinski definition) is 2. The number of hydrogen-bond donors (Lipinski definition) is 2. The molecule has 1 saturated heterocycles. The van der Waals surface area contributed by atoms with Gasteiger partial charge in [-0.05, 0) is 31.4 Å². The van der Waals surface area contributed by atoms with Gasteiger partial charge in [0.25, 0.3) is 0 Å². The van der Waals surface area contributed by atoms with E-state index in [2.05, 4.69) is 5.32 Å². The number of carboxylic acid groups (broad SMARTS) is 1. The molecule has 0 spiro atoms. The van der Waals surface area contributed by atoms with E-state index in [0.29, 0.717) is 36.6 Å². The Hall–Kier alpha value is -1.75. The first-order valence-electron chi connectivity index (χ1n) is 6.53. The number of nitrogens with one attached hydrogen (secondary N) is 1. The van der Waals surface area contributed by atoms with Gasteiger partial charge in [-0.2, -0.15) is 0 Å². The number of benzene rings is 1. The van der Waals surface area contributed by atoms with Gasteiger partial charge < -0.3 is 15.3 Å². The minimum absolute atomic E-state index is 0.231. The predicted octanol–water partition coefficient (Wildman–Crippen LogP) is 2.98. The summed E-state index contributed by atoms with van der Waals surface area (Å²) in [6, 6.07) is 5.19. The van der Waals surface area contributed by atoms with Crippen LogP contribution in [0.1, 0.15) is 18.4 Å². The van der Waals surface area contributed by atoms with Gasteiger partial charge in [-0.25, -0.2) is 4.79 Å². The fourth-order valence-electron chi connectivity index (χ4n) is 2.31. The molecule has 0 aliphatic carbocycles. The smallest absolute Gasteiger partial charge is 0.321 e. The molecule has 2 rings (SSSR count). The number of rotatable bonds is 2. The quantitative estimate of drug-likeness (QED) is 0.881. The number of carbonyl (C=O) groups excluding carboxylic acids is 1. The largest absolute Gasteiger partial charge is 0.481 e. The molecule has 0 atom stereocenters. The fourth-order valence-corrected chi connectivity index (χ4v) is 2.57. The molecule has 2 amide bonds. The number of carboxylic acids is 1. The predicted molar refractivity (Wildman–Crippen MR) is 77.1 cm³/mol. The van der Waals surface area contributed by atoms with Crippen molar-refractivity contribution in [1.29, 1.82) is 0 Å². The Morgan fingerprint density at radius 1 is 1.35 bits per heavy atom. The van der Waals surface area contributed by atoms with Crippen molar-refractivity contribution in [2.24, 2.45) is 5.92 Å². The van der Waals surface area contributed by atoms with E-state index in [-0.39, 0.29) is 11.9 Å². The summed E-state index contributed by atoms with van der Waals surface area (Å²) in [4.78, 5) is 24.7. The second-order valence-electron chi connectivity index (χ2n) is 4.96. The molecule has 1 aliphatic heterocycles. The Morgan fingerprint density at radius 2 is 2.00 bits per heavy atom. The lowest BCUT2D eigenvalue weighted by molar-refractivity contribution is -0.143. The van der Waals surface area contributed by atoms with Gasteiger partial charge in [0, 0.05) is 13.1 Å². The highest BCUT2D eigenvalue weighted by Crippen LogP contribution is 2.26. The van der Waals surface area contributed by atoms with Gasteiger partial charge in [0.2, 0.25) is 0 Å². The third kappa shape index (κ3) is 3.22. The van der Waals surface area contributed by atoms with Crippen LogP contribution in [0.4, 0.5) is 10.5 Å². The van der Waals surface area contributed by atoms with Crippen LogP contribution in [-0.4, -0.2) is 35.1 Å². The molecule has 0 bridgehead atoms. The zero-order valence-electron chi connectivity index (χ0n) is 11.2. The van der Waals surface area contributed by atoms with E-state index in [0.717, 1.165) is 5.56 Å². The number of amides is 2. The number of piperidine rings is 1. The van der Waals surface area contributed by atoms with Crippen molar-refractivity contribution >= 4 is 29.3 Å². The third-order valence-electron chi connectivity index (χ3n) is 3.59. The van der Waals surface area contributed by atoms with E-state index in [1.807, 2.05) is 19.1 Å². The lowest BCUT2D eigenvalue weighted by Gasteiger charge is -2.30. The molecule has 0 aromatic heterocycles. The Labute approximate surface area is 122 Å². The van der Waals surface area contributed by atoms with Crippen molar-refractivity contribution < 1.29 is 14.7 Å². The van der Waals surface area contributed by atoms with Crippen LogP contribution < -0.4 is 5.32 Å². The first-order valence-corrected chi connectivity index (χ1v) is 6.90. The Kier molecular flexibility index (Phi) is 4.49. The van der Waals surface area contributed by atoms with E-state index in [1.165, 1.54) is 0 Å². The molecule has 0 radical (unpaired) electrons. The molecular weight excluding hydrogens is 280 g/mol. The highest BCUT2D eigenvalue weighted by Gasteiger charge is 2.27. The summed E-state index contributed by atoms with van der Waals surface area (Å²) in [6.45, 7) is 2.77. The van der Waals surface area contributed by atoms with Crippen LogP contribution >= 0.6 is 11.6 Å². The molecule has 0 saturated carbocycles. The number of carbonyl (C=O) groups is 2. The third-order valence-corrected chi connectivity index (χ3v) is 3.90. The highest BCUT2D eigenvalue weighted by atomic mass is 35.5. The van der Waals surface area contributed by atoms with Gasteiger partial charge in [0.05, 0.1) is 16.6 Å². The lowest BCUT2D eigenvalue weighted by atomic mass is 9.97. The number of anilines is 1. The van der Waals surface area contributed by atoms with Crippen molar-refractivity contribution in [2.45, 2.75) is 19.8 Å². The molecule has 1 aromatic rings. The maximum atomic E-state index is 12.2. The van der Waals surface area contributed by atoms with Crippen LogP contribution in [0.2, 0.25) is 5.02 Å². The molecule has 6 heteroatoms.